The number of carbonyl (C=O) groups excluding carboxylic acids is 1. The Hall–Kier alpha value is -0.610. The number of carbonyl (C=O) groups is 1. The molecule has 0 saturated carbocycles. The number of nitrogens with zero attached hydrogens (tertiary/aromatic N) is 1. The summed E-state index contributed by atoms with van der Waals surface area (Å²) in [4.78, 5) is 13.9. The van der Waals surface area contributed by atoms with Gasteiger partial charge in [-0.2, -0.15) is 0 Å². The maximum absolute atomic E-state index is 12.1. The SMILES string of the molecule is COCC(C)N(C)C(=O)C1CCNC1C. The molecule has 0 spiro atoms. The molecule has 1 fully saturated rings. The maximum Gasteiger partial charge on any atom is 0.227 e. The van der Waals surface area contributed by atoms with Gasteiger partial charge >= 0.3 is 0 Å². The Balaban J connectivity index is 2.51. The Labute approximate surface area is 92.0 Å². The fraction of sp³-hybridized carbons (Fsp3) is 0.909. The van der Waals surface area contributed by atoms with Crippen LogP contribution in [-0.2, 0) is 9.53 Å². The molecule has 1 amide bonds. The third kappa shape index (κ3) is 2.92. The van der Waals surface area contributed by atoms with Gasteiger partial charge in [-0.05, 0) is 26.8 Å². The second-order valence-corrected chi connectivity index (χ2v) is 4.39. The largest absolute Gasteiger partial charge is 0.383 e. The van der Waals surface area contributed by atoms with E-state index in [9.17, 15) is 4.79 Å². The van der Waals surface area contributed by atoms with Gasteiger partial charge in [0.15, 0.2) is 0 Å². The first-order chi connectivity index (χ1) is 7.07. The summed E-state index contributed by atoms with van der Waals surface area (Å²) in [6.45, 7) is 5.62. The van der Waals surface area contributed by atoms with E-state index in [0.29, 0.717) is 12.6 Å². The topological polar surface area (TPSA) is 41.6 Å². The minimum absolute atomic E-state index is 0.134. The third-order valence-corrected chi connectivity index (χ3v) is 3.26. The fourth-order valence-corrected chi connectivity index (χ4v) is 2.03. The molecule has 1 rings (SSSR count). The predicted molar refractivity (Wildman–Crippen MR) is 59.7 cm³/mol. The zero-order chi connectivity index (χ0) is 11.4. The van der Waals surface area contributed by atoms with E-state index in [-0.39, 0.29) is 17.9 Å². The maximum atomic E-state index is 12.1. The molecule has 0 aromatic heterocycles. The zero-order valence-electron chi connectivity index (χ0n) is 10.1. The first-order valence-electron chi connectivity index (χ1n) is 5.57. The lowest BCUT2D eigenvalue weighted by Crippen LogP contribution is -2.44. The Morgan fingerprint density at radius 3 is 2.80 bits per heavy atom. The Morgan fingerprint density at radius 1 is 1.67 bits per heavy atom. The number of nitrogens with one attached hydrogen (secondary N) is 1. The molecular formula is C11H22N2O2. The minimum atomic E-state index is 0.134. The molecule has 0 aromatic rings. The summed E-state index contributed by atoms with van der Waals surface area (Å²) in [7, 11) is 3.52. The van der Waals surface area contributed by atoms with Crippen molar-refractivity contribution < 1.29 is 9.53 Å². The van der Waals surface area contributed by atoms with Crippen LogP contribution in [0.5, 0.6) is 0 Å². The molecule has 0 radical (unpaired) electrons. The zero-order valence-corrected chi connectivity index (χ0v) is 10.1. The fourth-order valence-electron chi connectivity index (χ4n) is 2.03. The molecule has 4 nitrogen and oxygen atoms in total. The molecule has 15 heavy (non-hydrogen) atoms. The van der Waals surface area contributed by atoms with E-state index in [1.54, 1.807) is 12.0 Å². The molecule has 88 valence electrons. The summed E-state index contributed by atoms with van der Waals surface area (Å²) in [5, 5.41) is 3.30. The minimum Gasteiger partial charge on any atom is -0.383 e. The number of methoxy groups -OCH3 is 1. The number of hydrogen-bond donors (Lipinski definition) is 1. The van der Waals surface area contributed by atoms with Gasteiger partial charge in [0.2, 0.25) is 5.91 Å². The van der Waals surface area contributed by atoms with E-state index < -0.39 is 0 Å². The number of rotatable bonds is 4. The third-order valence-electron chi connectivity index (χ3n) is 3.26. The second-order valence-electron chi connectivity index (χ2n) is 4.39. The van der Waals surface area contributed by atoms with Crippen molar-refractivity contribution in [3.63, 3.8) is 0 Å². The highest BCUT2D eigenvalue weighted by Crippen LogP contribution is 2.18. The first-order valence-corrected chi connectivity index (χ1v) is 5.57. The number of ether oxygens (including phenoxy) is 1. The highest BCUT2D eigenvalue weighted by atomic mass is 16.5. The van der Waals surface area contributed by atoms with E-state index in [2.05, 4.69) is 12.2 Å². The van der Waals surface area contributed by atoms with Gasteiger partial charge in [-0.1, -0.05) is 0 Å². The average Bonchev–Trinajstić information content (AvgIpc) is 2.62. The van der Waals surface area contributed by atoms with E-state index >= 15 is 0 Å². The molecule has 0 aliphatic carbocycles. The van der Waals surface area contributed by atoms with Crippen LogP contribution in [0, 0.1) is 5.92 Å². The van der Waals surface area contributed by atoms with E-state index in [1.165, 1.54) is 0 Å². The molecule has 3 atom stereocenters. The Bertz CT molecular complexity index is 221. The molecule has 1 aliphatic rings. The average molecular weight is 214 g/mol. The van der Waals surface area contributed by atoms with Crippen LogP contribution in [0.15, 0.2) is 0 Å². The van der Waals surface area contributed by atoms with Crippen molar-refractivity contribution in [3.05, 3.63) is 0 Å². The van der Waals surface area contributed by atoms with Crippen LogP contribution in [0.4, 0.5) is 0 Å². The van der Waals surface area contributed by atoms with Crippen LogP contribution < -0.4 is 5.32 Å². The van der Waals surface area contributed by atoms with Crippen molar-refractivity contribution in [2.75, 3.05) is 27.3 Å². The lowest BCUT2D eigenvalue weighted by Gasteiger charge is -2.28. The first kappa shape index (κ1) is 12.5. The molecule has 1 saturated heterocycles. The standard InChI is InChI=1S/C11H22N2O2/c1-8(7-15-4)13(3)11(14)10-5-6-12-9(10)2/h8-10,12H,5-7H2,1-4H3. The quantitative estimate of drug-likeness (QED) is 0.740. The number of amides is 1. The van der Waals surface area contributed by atoms with Crippen molar-refractivity contribution in [2.24, 2.45) is 5.92 Å². The van der Waals surface area contributed by atoms with Gasteiger partial charge in [-0.15, -0.1) is 0 Å². The van der Waals surface area contributed by atoms with Crippen LogP contribution in [0.25, 0.3) is 0 Å². The van der Waals surface area contributed by atoms with Gasteiger partial charge in [-0.3, -0.25) is 4.79 Å². The van der Waals surface area contributed by atoms with Crippen LogP contribution in [-0.4, -0.2) is 50.2 Å². The lowest BCUT2D eigenvalue weighted by atomic mass is 10.00. The Kier molecular flexibility index (Phi) is 4.54. The van der Waals surface area contributed by atoms with Gasteiger partial charge in [0.25, 0.3) is 0 Å². The van der Waals surface area contributed by atoms with E-state index in [4.69, 9.17) is 4.74 Å². The summed E-state index contributed by atoms with van der Waals surface area (Å²) in [6.07, 6.45) is 0.948. The summed E-state index contributed by atoms with van der Waals surface area (Å²) < 4.78 is 5.05. The van der Waals surface area contributed by atoms with Crippen LogP contribution >= 0.6 is 0 Å². The second kappa shape index (κ2) is 5.47. The molecule has 1 aliphatic heterocycles. The summed E-state index contributed by atoms with van der Waals surface area (Å²) >= 11 is 0. The normalized spacial score (nSPS) is 27.7. The highest BCUT2D eigenvalue weighted by Gasteiger charge is 2.32. The summed E-state index contributed by atoms with van der Waals surface area (Å²) in [5.41, 5.74) is 0. The van der Waals surface area contributed by atoms with Crippen LogP contribution in [0.2, 0.25) is 0 Å². The molecule has 4 heteroatoms. The lowest BCUT2D eigenvalue weighted by molar-refractivity contribution is -0.137. The summed E-state index contributed by atoms with van der Waals surface area (Å²) in [6, 6.07) is 0.449. The molecule has 1 heterocycles. The van der Waals surface area contributed by atoms with Crippen LogP contribution in [0.3, 0.4) is 0 Å². The predicted octanol–water partition coefficient (Wildman–Crippen LogP) is 0.478. The molecule has 1 N–H and O–H groups in total. The smallest absolute Gasteiger partial charge is 0.227 e. The van der Waals surface area contributed by atoms with Gasteiger partial charge in [0.05, 0.1) is 18.6 Å². The van der Waals surface area contributed by atoms with Gasteiger partial charge < -0.3 is 15.0 Å². The van der Waals surface area contributed by atoms with Gasteiger partial charge in [0, 0.05) is 20.2 Å². The highest BCUT2D eigenvalue weighted by molar-refractivity contribution is 5.80. The van der Waals surface area contributed by atoms with Crippen molar-refractivity contribution in [3.8, 4) is 0 Å². The van der Waals surface area contributed by atoms with Crippen molar-refractivity contribution >= 4 is 5.91 Å². The molecule has 3 unspecified atom stereocenters. The number of likely N-dealkylation sites (N-methyl/N-ethyl adjacent to an activating group) is 1. The van der Waals surface area contributed by atoms with Crippen molar-refractivity contribution in [1.29, 1.82) is 0 Å². The summed E-state index contributed by atoms with van der Waals surface area (Å²) in [5.74, 6) is 0.367. The molecular weight excluding hydrogens is 192 g/mol. The van der Waals surface area contributed by atoms with Crippen molar-refractivity contribution in [1.82, 2.24) is 10.2 Å². The van der Waals surface area contributed by atoms with E-state index in [1.807, 2.05) is 14.0 Å². The monoisotopic (exact) mass is 214 g/mol. The van der Waals surface area contributed by atoms with Gasteiger partial charge in [-0.25, -0.2) is 0 Å². The van der Waals surface area contributed by atoms with Crippen molar-refractivity contribution in [2.45, 2.75) is 32.4 Å². The van der Waals surface area contributed by atoms with Crippen LogP contribution in [0.1, 0.15) is 20.3 Å². The number of hydrogen-bond acceptors (Lipinski definition) is 3. The molecule has 0 bridgehead atoms. The molecule has 0 aromatic carbocycles. The van der Waals surface area contributed by atoms with Gasteiger partial charge in [0.1, 0.15) is 0 Å². The van der Waals surface area contributed by atoms with E-state index in [0.717, 1.165) is 13.0 Å². The Morgan fingerprint density at radius 2 is 2.33 bits per heavy atom.